The summed E-state index contributed by atoms with van der Waals surface area (Å²) < 4.78 is 10.7. The Morgan fingerprint density at radius 2 is 1.76 bits per heavy atom. The van der Waals surface area contributed by atoms with Crippen molar-refractivity contribution in [3.05, 3.63) is 17.7 Å². The van der Waals surface area contributed by atoms with E-state index in [9.17, 15) is 5.11 Å². The van der Waals surface area contributed by atoms with Crippen molar-refractivity contribution in [3.8, 4) is 11.5 Å². The first-order valence-electron chi connectivity index (χ1n) is 5.42. The summed E-state index contributed by atoms with van der Waals surface area (Å²) in [7, 11) is 3.29. The molecule has 0 aliphatic carbocycles. The van der Waals surface area contributed by atoms with E-state index in [0.717, 1.165) is 22.0 Å². The van der Waals surface area contributed by atoms with Crippen LogP contribution in [-0.2, 0) is 6.42 Å². The average Bonchev–Trinajstić information content (AvgIpc) is 2.26. The Bertz CT molecular complexity index is 383. The van der Waals surface area contributed by atoms with E-state index in [1.54, 1.807) is 39.8 Å². The van der Waals surface area contributed by atoms with Gasteiger partial charge in [0.1, 0.15) is 11.5 Å². The highest BCUT2D eigenvalue weighted by molar-refractivity contribution is 7.98. The summed E-state index contributed by atoms with van der Waals surface area (Å²) in [6.45, 7) is 3.56. The molecular weight excluding hydrogens is 236 g/mol. The van der Waals surface area contributed by atoms with Gasteiger partial charge in [0.05, 0.1) is 24.7 Å². The minimum atomic E-state index is -0.765. The first kappa shape index (κ1) is 14.2. The third-order valence-electron chi connectivity index (χ3n) is 2.41. The normalized spacial score (nSPS) is 11.4. The van der Waals surface area contributed by atoms with E-state index >= 15 is 0 Å². The topological polar surface area (TPSA) is 38.7 Å². The van der Waals surface area contributed by atoms with Gasteiger partial charge in [-0.1, -0.05) is 0 Å². The Morgan fingerprint density at radius 1 is 1.18 bits per heavy atom. The van der Waals surface area contributed by atoms with Crippen LogP contribution in [0.2, 0.25) is 0 Å². The predicted octanol–water partition coefficient (Wildman–Crippen LogP) is 2.74. The molecule has 1 rings (SSSR count). The number of ether oxygens (including phenoxy) is 2. The van der Waals surface area contributed by atoms with E-state index in [1.807, 2.05) is 18.4 Å². The second-order valence-electron chi connectivity index (χ2n) is 4.51. The van der Waals surface area contributed by atoms with Gasteiger partial charge in [-0.25, -0.2) is 0 Å². The zero-order chi connectivity index (χ0) is 13.1. The predicted molar refractivity (Wildman–Crippen MR) is 71.3 cm³/mol. The van der Waals surface area contributed by atoms with Gasteiger partial charge in [-0.3, -0.25) is 0 Å². The number of hydrogen-bond acceptors (Lipinski definition) is 4. The molecule has 0 saturated carbocycles. The van der Waals surface area contributed by atoms with Crippen LogP contribution in [0.1, 0.15) is 19.4 Å². The molecule has 1 N–H and O–H groups in total. The van der Waals surface area contributed by atoms with E-state index < -0.39 is 5.60 Å². The van der Waals surface area contributed by atoms with Gasteiger partial charge in [0.25, 0.3) is 0 Å². The van der Waals surface area contributed by atoms with Gasteiger partial charge in [-0.15, -0.1) is 11.8 Å². The number of aliphatic hydroxyl groups is 1. The van der Waals surface area contributed by atoms with Crippen LogP contribution in [0.5, 0.6) is 11.5 Å². The van der Waals surface area contributed by atoms with Gasteiger partial charge in [0.15, 0.2) is 0 Å². The van der Waals surface area contributed by atoms with Crippen molar-refractivity contribution >= 4 is 11.8 Å². The molecule has 0 atom stereocenters. The van der Waals surface area contributed by atoms with Crippen molar-refractivity contribution in [3.63, 3.8) is 0 Å². The van der Waals surface area contributed by atoms with Gasteiger partial charge in [-0.05, 0) is 32.2 Å². The number of hydrogen-bond donors (Lipinski definition) is 1. The molecule has 0 heterocycles. The lowest BCUT2D eigenvalue weighted by Crippen LogP contribution is -2.22. The van der Waals surface area contributed by atoms with Crippen LogP contribution in [0.3, 0.4) is 0 Å². The molecule has 17 heavy (non-hydrogen) atoms. The van der Waals surface area contributed by atoms with E-state index in [0.29, 0.717) is 6.42 Å². The van der Waals surface area contributed by atoms with Gasteiger partial charge in [-0.2, -0.15) is 0 Å². The number of methoxy groups -OCH3 is 2. The highest BCUT2D eigenvalue weighted by atomic mass is 32.2. The Kier molecular flexibility index (Phi) is 4.71. The molecule has 0 bridgehead atoms. The standard InChI is InChI=1S/C13H20O3S/c1-13(2,14)8-9-6-11(16-4)12(17-5)7-10(9)15-3/h6-7,14H,8H2,1-5H3. The summed E-state index contributed by atoms with van der Waals surface area (Å²) in [5, 5.41) is 9.88. The summed E-state index contributed by atoms with van der Waals surface area (Å²) in [5.74, 6) is 1.61. The Morgan fingerprint density at radius 3 is 2.18 bits per heavy atom. The molecule has 0 spiro atoms. The largest absolute Gasteiger partial charge is 0.496 e. The summed E-state index contributed by atoms with van der Waals surface area (Å²) in [4.78, 5) is 1.03. The Balaban J connectivity index is 3.19. The number of thioether (sulfide) groups is 1. The molecule has 96 valence electrons. The molecule has 0 fully saturated rings. The third-order valence-corrected chi connectivity index (χ3v) is 3.17. The minimum absolute atomic E-state index is 0.529. The van der Waals surface area contributed by atoms with Gasteiger partial charge >= 0.3 is 0 Å². The molecule has 1 aromatic rings. The lowest BCUT2D eigenvalue weighted by molar-refractivity contribution is 0.0802. The van der Waals surface area contributed by atoms with Crippen molar-refractivity contribution < 1.29 is 14.6 Å². The van der Waals surface area contributed by atoms with E-state index in [4.69, 9.17) is 9.47 Å². The third kappa shape index (κ3) is 3.82. The summed E-state index contributed by atoms with van der Waals surface area (Å²) >= 11 is 1.61. The smallest absolute Gasteiger partial charge is 0.132 e. The summed E-state index contributed by atoms with van der Waals surface area (Å²) in [6, 6.07) is 3.88. The monoisotopic (exact) mass is 256 g/mol. The van der Waals surface area contributed by atoms with Crippen molar-refractivity contribution in [2.45, 2.75) is 30.8 Å². The zero-order valence-electron chi connectivity index (χ0n) is 11.0. The highest BCUT2D eigenvalue weighted by Gasteiger charge is 2.18. The molecule has 0 aliphatic rings. The maximum Gasteiger partial charge on any atom is 0.132 e. The highest BCUT2D eigenvalue weighted by Crippen LogP contribution is 2.35. The lowest BCUT2D eigenvalue weighted by Gasteiger charge is -2.20. The second-order valence-corrected chi connectivity index (χ2v) is 5.36. The number of benzene rings is 1. The van der Waals surface area contributed by atoms with Crippen LogP contribution in [-0.4, -0.2) is 31.2 Å². The molecular formula is C13H20O3S. The van der Waals surface area contributed by atoms with Gasteiger partial charge in [0, 0.05) is 12.0 Å². The minimum Gasteiger partial charge on any atom is -0.496 e. The van der Waals surface area contributed by atoms with Crippen molar-refractivity contribution in [2.24, 2.45) is 0 Å². The van der Waals surface area contributed by atoms with Crippen LogP contribution in [0.25, 0.3) is 0 Å². The van der Waals surface area contributed by atoms with E-state index in [1.165, 1.54) is 0 Å². The fourth-order valence-electron chi connectivity index (χ4n) is 1.70. The molecule has 0 unspecified atom stereocenters. The van der Waals surface area contributed by atoms with Crippen molar-refractivity contribution in [1.82, 2.24) is 0 Å². The molecule has 0 saturated heterocycles. The Labute approximate surface area is 107 Å². The van der Waals surface area contributed by atoms with Crippen LogP contribution in [0, 0.1) is 0 Å². The molecule has 0 radical (unpaired) electrons. The quantitative estimate of drug-likeness (QED) is 0.822. The van der Waals surface area contributed by atoms with Crippen LogP contribution in [0.4, 0.5) is 0 Å². The van der Waals surface area contributed by atoms with Crippen LogP contribution >= 0.6 is 11.8 Å². The first-order chi connectivity index (χ1) is 7.91. The molecule has 0 aromatic heterocycles. The van der Waals surface area contributed by atoms with Gasteiger partial charge < -0.3 is 14.6 Å². The molecule has 0 amide bonds. The second kappa shape index (κ2) is 5.65. The zero-order valence-corrected chi connectivity index (χ0v) is 11.9. The maximum absolute atomic E-state index is 9.88. The maximum atomic E-state index is 9.88. The average molecular weight is 256 g/mol. The summed E-state index contributed by atoms with van der Waals surface area (Å²) in [6.07, 6.45) is 2.52. The SMILES string of the molecule is COc1cc(SC)c(OC)cc1CC(C)(C)O. The summed E-state index contributed by atoms with van der Waals surface area (Å²) in [5.41, 5.74) is 0.189. The van der Waals surface area contributed by atoms with E-state index in [2.05, 4.69) is 0 Å². The van der Waals surface area contributed by atoms with Crippen LogP contribution in [0.15, 0.2) is 17.0 Å². The molecule has 1 aromatic carbocycles. The molecule has 0 aliphatic heterocycles. The number of rotatable bonds is 5. The van der Waals surface area contributed by atoms with Gasteiger partial charge in [0.2, 0.25) is 0 Å². The van der Waals surface area contributed by atoms with E-state index in [-0.39, 0.29) is 0 Å². The van der Waals surface area contributed by atoms with Crippen LogP contribution < -0.4 is 9.47 Å². The Hall–Kier alpha value is -0.870. The fraction of sp³-hybridized carbons (Fsp3) is 0.538. The molecule has 4 heteroatoms. The van der Waals surface area contributed by atoms with Crippen molar-refractivity contribution in [2.75, 3.05) is 20.5 Å². The lowest BCUT2D eigenvalue weighted by atomic mass is 9.98. The fourth-order valence-corrected chi connectivity index (χ4v) is 2.27. The molecule has 3 nitrogen and oxygen atoms in total. The first-order valence-corrected chi connectivity index (χ1v) is 6.65. The van der Waals surface area contributed by atoms with Crippen molar-refractivity contribution in [1.29, 1.82) is 0 Å².